The van der Waals surface area contributed by atoms with Crippen molar-refractivity contribution in [2.45, 2.75) is 0 Å². The highest BCUT2D eigenvalue weighted by molar-refractivity contribution is 6.35. The van der Waals surface area contributed by atoms with Crippen LogP contribution in [0.15, 0.2) is 42.5 Å². The minimum absolute atomic E-state index is 0.671. The molecule has 3 aromatic rings. The van der Waals surface area contributed by atoms with Gasteiger partial charge < -0.3 is 14.6 Å². The molecule has 0 atom stereocenters. The van der Waals surface area contributed by atoms with E-state index in [1.807, 2.05) is 18.2 Å². The summed E-state index contributed by atoms with van der Waals surface area (Å²) in [4.78, 5) is 10.3. The maximum Gasteiger partial charge on any atom is 0.138 e. The second-order valence-corrected chi connectivity index (χ2v) is 5.78. The Labute approximate surface area is 133 Å². The summed E-state index contributed by atoms with van der Waals surface area (Å²) < 4.78 is 5.41. The Morgan fingerprint density at radius 3 is 2.73 bits per heavy atom. The molecule has 0 aliphatic carbocycles. The van der Waals surface area contributed by atoms with Crippen LogP contribution in [0.1, 0.15) is 0 Å². The fourth-order valence-corrected chi connectivity index (χ4v) is 3.02. The van der Waals surface area contributed by atoms with Gasteiger partial charge >= 0.3 is 0 Å². The van der Waals surface area contributed by atoms with E-state index >= 15 is 0 Å². The Hall–Kier alpha value is -2.04. The highest BCUT2D eigenvalue weighted by Gasteiger charge is 2.13. The number of nitrogens with zero attached hydrogens (tertiary/aromatic N) is 2. The molecule has 1 aromatic heterocycles. The van der Waals surface area contributed by atoms with Crippen molar-refractivity contribution in [2.24, 2.45) is 0 Å². The predicted octanol–water partition coefficient (Wildman–Crippen LogP) is 3.72. The summed E-state index contributed by atoms with van der Waals surface area (Å²) in [6.45, 7) is 3.42. The molecule has 5 heteroatoms. The molecule has 0 amide bonds. The lowest BCUT2D eigenvalue weighted by atomic mass is 10.1. The number of hydrogen-bond acceptors (Lipinski definition) is 3. The van der Waals surface area contributed by atoms with Gasteiger partial charge in [-0.1, -0.05) is 29.8 Å². The normalized spacial score (nSPS) is 15.4. The monoisotopic (exact) mass is 313 g/mol. The smallest absolute Gasteiger partial charge is 0.138 e. The molecule has 112 valence electrons. The fraction of sp³-hybridized carbons (Fsp3) is 0.235. The minimum Gasteiger partial charge on any atom is -0.378 e. The van der Waals surface area contributed by atoms with Crippen LogP contribution >= 0.6 is 11.6 Å². The van der Waals surface area contributed by atoms with Gasteiger partial charge in [-0.15, -0.1) is 0 Å². The molecule has 1 aliphatic heterocycles. The van der Waals surface area contributed by atoms with E-state index in [1.165, 1.54) is 5.69 Å². The van der Waals surface area contributed by atoms with Crippen LogP contribution in [0.2, 0.25) is 5.02 Å². The van der Waals surface area contributed by atoms with Gasteiger partial charge in [0.2, 0.25) is 0 Å². The van der Waals surface area contributed by atoms with Crippen molar-refractivity contribution in [3.05, 3.63) is 47.5 Å². The van der Waals surface area contributed by atoms with Crippen molar-refractivity contribution in [1.29, 1.82) is 0 Å². The number of ether oxygens (including phenoxy) is 1. The molecule has 0 unspecified atom stereocenters. The third kappa shape index (κ3) is 2.45. The second-order valence-electron chi connectivity index (χ2n) is 5.37. The van der Waals surface area contributed by atoms with Gasteiger partial charge in [0, 0.05) is 24.3 Å². The van der Waals surface area contributed by atoms with Crippen LogP contribution in [0.4, 0.5) is 5.69 Å². The number of hydrogen-bond donors (Lipinski definition) is 1. The zero-order valence-electron chi connectivity index (χ0n) is 12.1. The molecule has 22 heavy (non-hydrogen) atoms. The first-order chi connectivity index (χ1) is 10.8. The third-order valence-corrected chi connectivity index (χ3v) is 4.26. The molecule has 4 rings (SSSR count). The van der Waals surface area contributed by atoms with E-state index in [2.05, 4.69) is 39.1 Å². The Morgan fingerprint density at radius 1 is 1.09 bits per heavy atom. The number of H-pyrrole nitrogens is 1. The maximum absolute atomic E-state index is 6.21. The van der Waals surface area contributed by atoms with Gasteiger partial charge in [-0.3, -0.25) is 0 Å². The van der Waals surface area contributed by atoms with Gasteiger partial charge in [0.15, 0.2) is 0 Å². The number of benzene rings is 2. The average Bonchev–Trinajstić information content (AvgIpc) is 3.02. The molecule has 1 aliphatic rings. The van der Waals surface area contributed by atoms with E-state index in [4.69, 9.17) is 16.3 Å². The number of anilines is 1. The highest BCUT2D eigenvalue weighted by atomic mass is 35.5. The lowest BCUT2D eigenvalue weighted by Gasteiger charge is -2.29. The molecule has 4 nitrogen and oxygen atoms in total. The summed E-state index contributed by atoms with van der Waals surface area (Å²) in [5.74, 6) is 0.846. The van der Waals surface area contributed by atoms with Gasteiger partial charge in [0.25, 0.3) is 0 Å². The van der Waals surface area contributed by atoms with E-state index in [0.29, 0.717) is 5.02 Å². The summed E-state index contributed by atoms with van der Waals surface area (Å²) in [7, 11) is 0. The molecular weight excluding hydrogens is 298 g/mol. The van der Waals surface area contributed by atoms with Gasteiger partial charge in [-0.25, -0.2) is 4.98 Å². The largest absolute Gasteiger partial charge is 0.378 e. The zero-order valence-corrected chi connectivity index (χ0v) is 12.8. The Morgan fingerprint density at radius 2 is 1.91 bits per heavy atom. The summed E-state index contributed by atoms with van der Waals surface area (Å²) >= 11 is 6.21. The number of morpholine rings is 1. The Bertz CT molecular complexity index is 809. The van der Waals surface area contributed by atoms with E-state index < -0.39 is 0 Å². The van der Waals surface area contributed by atoms with Crippen molar-refractivity contribution in [1.82, 2.24) is 9.97 Å². The second kappa shape index (κ2) is 5.63. The van der Waals surface area contributed by atoms with Gasteiger partial charge in [-0.05, 0) is 24.3 Å². The zero-order chi connectivity index (χ0) is 14.9. The first kappa shape index (κ1) is 13.6. The summed E-state index contributed by atoms with van der Waals surface area (Å²) in [5, 5.41) is 0.671. The minimum atomic E-state index is 0.671. The van der Waals surface area contributed by atoms with Crippen LogP contribution in [0, 0.1) is 0 Å². The topological polar surface area (TPSA) is 41.2 Å². The van der Waals surface area contributed by atoms with Gasteiger partial charge in [0.1, 0.15) is 11.3 Å². The lowest BCUT2D eigenvalue weighted by Crippen LogP contribution is -2.36. The number of aromatic amines is 1. The summed E-state index contributed by atoms with van der Waals surface area (Å²) in [6, 6.07) is 14.2. The molecule has 1 fully saturated rings. The lowest BCUT2D eigenvalue weighted by molar-refractivity contribution is 0.122. The number of imidazole rings is 1. The van der Waals surface area contributed by atoms with Crippen LogP contribution in [-0.4, -0.2) is 36.3 Å². The average molecular weight is 314 g/mol. The number of nitrogens with one attached hydrogen (secondary N) is 1. The van der Waals surface area contributed by atoms with E-state index in [-0.39, 0.29) is 0 Å². The van der Waals surface area contributed by atoms with E-state index in [9.17, 15) is 0 Å². The number of para-hydroxylation sites is 1. The van der Waals surface area contributed by atoms with Crippen LogP contribution < -0.4 is 4.90 Å². The van der Waals surface area contributed by atoms with Gasteiger partial charge in [0.05, 0.1) is 23.8 Å². The first-order valence-electron chi connectivity index (χ1n) is 7.38. The molecule has 2 aromatic carbocycles. The maximum atomic E-state index is 6.21. The van der Waals surface area contributed by atoms with Crippen LogP contribution in [-0.2, 0) is 4.74 Å². The predicted molar refractivity (Wildman–Crippen MR) is 89.6 cm³/mol. The first-order valence-corrected chi connectivity index (χ1v) is 7.76. The van der Waals surface area contributed by atoms with Crippen LogP contribution in [0.5, 0.6) is 0 Å². The molecule has 0 bridgehead atoms. The number of rotatable bonds is 2. The fourth-order valence-electron chi connectivity index (χ4n) is 2.81. The summed E-state index contributed by atoms with van der Waals surface area (Å²) in [6.07, 6.45) is 0. The molecule has 0 saturated carbocycles. The van der Waals surface area contributed by atoms with Crippen molar-refractivity contribution < 1.29 is 4.74 Å². The molecule has 0 radical (unpaired) electrons. The molecule has 2 heterocycles. The number of halogens is 1. The molecule has 0 spiro atoms. The third-order valence-electron chi connectivity index (χ3n) is 3.96. The van der Waals surface area contributed by atoms with Crippen molar-refractivity contribution in [3.8, 4) is 11.4 Å². The Balaban J connectivity index is 1.73. The number of aromatic nitrogens is 2. The Kier molecular flexibility index (Phi) is 3.48. The highest BCUT2D eigenvalue weighted by Crippen LogP contribution is 2.28. The SMILES string of the molecule is Clc1cccc2[nH]c(-c3cccc(N4CCOCC4)c3)nc12. The number of fused-ring (bicyclic) bond motifs is 1. The molecular formula is C17H16ClN3O. The standard InChI is InChI=1S/C17H16ClN3O/c18-14-5-2-6-15-16(14)20-17(19-15)12-3-1-4-13(11-12)21-7-9-22-10-8-21/h1-6,11H,7-10H2,(H,19,20). The van der Waals surface area contributed by atoms with E-state index in [1.54, 1.807) is 0 Å². The van der Waals surface area contributed by atoms with Crippen molar-refractivity contribution in [3.63, 3.8) is 0 Å². The van der Waals surface area contributed by atoms with Crippen molar-refractivity contribution in [2.75, 3.05) is 31.2 Å². The quantitative estimate of drug-likeness (QED) is 0.784. The van der Waals surface area contributed by atoms with Crippen LogP contribution in [0.3, 0.4) is 0 Å². The van der Waals surface area contributed by atoms with Crippen LogP contribution in [0.25, 0.3) is 22.4 Å². The molecule has 1 saturated heterocycles. The summed E-state index contributed by atoms with van der Waals surface area (Å²) in [5.41, 5.74) is 4.04. The molecule has 1 N–H and O–H groups in total. The van der Waals surface area contributed by atoms with Crippen molar-refractivity contribution >= 4 is 28.3 Å². The van der Waals surface area contributed by atoms with Gasteiger partial charge in [-0.2, -0.15) is 0 Å². The van der Waals surface area contributed by atoms with E-state index in [0.717, 1.165) is 48.7 Å².